The van der Waals surface area contributed by atoms with E-state index in [0.29, 0.717) is 11.3 Å². The average molecular weight is 403 g/mol. The van der Waals surface area contributed by atoms with Crippen molar-refractivity contribution in [1.29, 1.82) is 0 Å². The lowest BCUT2D eigenvalue weighted by Gasteiger charge is -2.41. The fraction of sp³-hybridized carbons (Fsp3) is 0.650. The first kappa shape index (κ1) is 23.6. The normalized spacial score (nSPS) is 15.2. The predicted molar refractivity (Wildman–Crippen MR) is 105 cm³/mol. The van der Waals surface area contributed by atoms with Crippen molar-refractivity contribution in [2.75, 3.05) is 13.7 Å². The van der Waals surface area contributed by atoms with Gasteiger partial charge in [-0.1, -0.05) is 32.9 Å². The van der Waals surface area contributed by atoms with Crippen molar-refractivity contribution < 1.29 is 27.5 Å². The molecule has 2 atom stereocenters. The average Bonchev–Trinajstić information content (AvgIpc) is 2.52. The monoisotopic (exact) mass is 402 g/mol. The fourth-order valence-corrected chi connectivity index (χ4v) is 3.74. The van der Waals surface area contributed by atoms with Crippen LogP contribution in [0.5, 0.6) is 5.75 Å². The Kier molecular flexibility index (Phi) is 7.58. The van der Waals surface area contributed by atoms with E-state index in [0.717, 1.165) is 6.92 Å². The zero-order chi connectivity index (χ0) is 21.0. The molecule has 0 aromatic heterocycles. The van der Waals surface area contributed by atoms with Gasteiger partial charge in [0.2, 0.25) is 0 Å². The van der Waals surface area contributed by atoms with Crippen LogP contribution in [0.4, 0.5) is 8.78 Å². The molecule has 0 amide bonds. The SMILES string of the molecule is CCOC(=O)[C@H](O[Si](C)(C)C(C)(C)C)[C@H](c1ccc(OC)cc1)C(C)(F)F. The number of rotatable bonds is 8. The number of alkyl halides is 2. The second-order valence-corrected chi connectivity index (χ2v) is 13.0. The van der Waals surface area contributed by atoms with Crippen molar-refractivity contribution in [2.45, 2.75) is 70.7 Å². The van der Waals surface area contributed by atoms with E-state index in [9.17, 15) is 13.6 Å². The summed E-state index contributed by atoms with van der Waals surface area (Å²) in [5.74, 6) is -4.86. The summed E-state index contributed by atoms with van der Waals surface area (Å²) in [6, 6.07) is 6.29. The molecule has 154 valence electrons. The largest absolute Gasteiger partial charge is 0.497 e. The van der Waals surface area contributed by atoms with Gasteiger partial charge in [0.25, 0.3) is 5.92 Å². The molecular formula is C20H32F2O4Si. The summed E-state index contributed by atoms with van der Waals surface area (Å²) >= 11 is 0. The maximum Gasteiger partial charge on any atom is 0.334 e. The molecule has 0 fully saturated rings. The molecule has 4 nitrogen and oxygen atoms in total. The number of ether oxygens (including phenoxy) is 2. The quantitative estimate of drug-likeness (QED) is 0.432. The highest BCUT2D eigenvalue weighted by Crippen LogP contribution is 2.43. The van der Waals surface area contributed by atoms with E-state index in [-0.39, 0.29) is 11.6 Å². The molecule has 0 saturated carbocycles. The van der Waals surface area contributed by atoms with E-state index in [1.807, 2.05) is 33.9 Å². The Balaban J connectivity index is 3.43. The van der Waals surface area contributed by atoms with Gasteiger partial charge in [-0.3, -0.25) is 0 Å². The third-order valence-corrected chi connectivity index (χ3v) is 9.53. The molecule has 1 aromatic carbocycles. The van der Waals surface area contributed by atoms with Crippen LogP contribution in [0, 0.1) is 0 Å². The number of hydrogen-bond acceptors (Lipinski definition) is 4. The number of carbonyl (C=O) groups excluding carboxylic acids is 1. The number of hydrogen-bond donors (Lipinski definition) is 0. The third kappa shape index (κ3) is 6.00. The van der Waals surface area contributed by atoms with Gasteiger partial charge >= 0.3 is 5.97 Å². The van der Waals surface area contributed by atoms with Crippen molar-refractivity contribution in [2.24, 2.45) is 0 Å². The van der Waals surface area contributed by atoms with Gasteiger partial charge in [-0.05, 0) is 42.8 Å². The van der Waals surface area contributed by atoms with Gasteiger partial charge in [-0.15, -0.1) is 0 Å². The number of halogens is 2. The predicted octanol–water partition coefficient (Wildman–Crippen LogP) is 5.39. The van der Waals surface area contributed by atoms with Crippen LogP contribution in [-0.4, -0.2) is 40.0 Å². The molecule has 0 aliphatic rings. The summed E-state index contributed by atoms with van der Waals surface area (Å²) in [5.41, 5.74) is 0.306. The lowest BCUT2D eigenvalue weighted by Crippen LogP contribution is -2.51. The highest BCUT2D eigenvalue weighted by atomic mass is 28.4. The van der Waals surface area contributed by atoms with Crippen molar-refractivity contribution in [3.05, 3.63) is 29.8 Å². The second-order valence-electron chi connectivity index (χ2n) is 8.26. The van der Waals surface area contributed by atoms with Gasteiger partial charge in [-0.25, -0.2) is 13.6 Å². The summed E-state index contributed by atoms with van der Waals surface area (Å²) < 4.78 is 45.7. The lowest BCUT2D eigenvalue weighted by atomic mass is 9.88. The van der Waals surface area contributed by atoms with Gasteiger partial charge in [0.05, 0.1) is 19.6 Å². The van der Waals surface area contributed by atoms with E-state index in [1.54, 1.807) is 31.2 Å². The minimum absolute atomic E-state index is 0.0980. The molecule has 0 radical (unpaired) electrons. The lowest BCUT2D eigenvalue weighted by molar-refractivity contribution is -0.159. The highest BCUT2D eigenvalue weighted by molar-refractivity contribution is 6.74. The summed E-state index contributed by atoms with van der Waals surface area (Å²) in [6.45, 7) is 12.4. The Morgan fingerprint density at radius 1 is 1.11 bits per heavy atom. The summed E-state index contributed by atoms with van der Waals surface area (Å²) in [5, 5.41) is -0.245. The topological polar surface area (TPSA) is 44.8 Å². The minimum Gasteiger partial charge on any atom is -0.497 e. The molecule has 0 heterocycles. The molecule has 0 aliphatic carbocycles. The van der Waals surface area contributed by atoms with Gasteiger partial charge in [0.15, 0.2) is 14.4 Å². The molecule has 27 heavy (non-hydrogen) atoms. The first-order valence-corrected chi connectivity index (χ1v) is 12.0. The summed E-state index contributed by atoms with van der Waals surface area (Å²) in [4.78, 5) is 12.6. The molecule has 0 N–H and O–H groups in total. The van der Waals surface area contributed by atoms with Gasteiger partial charge in [0, 0.05) is 6.92 Å². The molecule has 7 heteroatoms. The minimum atomic E-state index is -3.19. The number of esters is 1. The summed E-state index contributed by atoms with van der Waals surface area (Å²) in [7, 11) is -1.01. The molecule has 0 bridgehead atoms. The van der Waals surface area contributed by atoms with E-state index in [4.69, 9.17) is 13.9 Å². The first-order valence-electron chi connectivity index (χ1n) is 9.10. The first-order chi connectivity index (χ1) is 12.2. The molecule has 0 saturated heterocycles. The van der Waals surface area contributed by atoms with E-state index >= 15 is 0 Å². The van der Waals surface area contributed by atoms with Gasteiger partial charge in [0.1, 0.15) is 5.75 Å². The van der Waals surface area contributed by atoms with Crippen LogP contribution >= 0.6 is 0 Å². The molecule has 0 unspecified atom stereocenters. The summed E-state index contributed by atoms with van der Waals surface area (Å²) in [6.07, 6.45) is -1.39. The Bertz CT molecular complexity index is 618. The molecule has 0 aliphatic heterocycles. The zero-order valence-electron chi connectivity index (χ0n) is 17.6. The number of carbonyl (C=O) groups is 1. The third-order valence-electron chi connectivity index (χ3n) is 5.07. The van der Waals surface area contributed by atoms with Crippen molar-refractivity contribution in [3.8, 4) is 5.75 Å². The molecule has 0 spiro atoms. The van der Waals surface area contributed by atoms with Crippen LogP contribution < -0.4 is 4.74 Å². The van der Waals surface area contributed by atoms with Crippen LogP contribution in [0.15, 0.2) is 24.3 Å². The Labute approximate surface area is 162 Å². The van der Waals surface area contributed by atoms with Crippen LogP contribution in [0.3, 0.4) is 0 Å². The van der Waals surface area contributed by atoms with Crippen molar-refractivity contribution >= 4 is 14.3 Å². The van der Waals surface area contributed by atoms with Gasteiger partial charge in [-0.2, -0.15) is 0 Å². The van der Waals surface area contributed by atoms with Crippen LogP contribution in [0.25, 0.3) is 0 Å². The zero-order valence-corrected chi connectivity index (χ0v) is 18.6. The maximum atomic E-state index is 14.7. The molecular weight excluding hydrogens is 370 g/mol. The Hall–Kier alpha value is -1.47. The Morgan fingerprint density at radius 2 is 1.63 bits per heavy atom. The van der Waals surface area contributed by atoms with E-state index in [2.05, 4.69) is 0 Å². The van der Waals surface area contributed by atoms with Gasteiger partial charge < -0.3 is 13.9 Å². The maximum absolute atomic E-state index is 14.7. The Morgan fingerprint density at radius 3 is 2.00 bits per heavy atom. The number of benzene rings is 1. The second kappa shape index (κ2) is 8.69. The van der Waals surface area contributed by atoms with Crippen LogP contribution in [0.2, 0.25) is 18.1 Å². The standard InChI is InChI=1S/C20H32F2O4Si/c1-9-25-18(23)17(26-27(7,8)19(2,3)4)16(20(5,21)22)14-10-12-15(24-6)13-11-14/h10-13,16-17H,9H2,1-8H3/t16-,17+/m0/s1. The fourth-order valence-electron chi connectivity index (χ4n) is 2.52. The van der Waals surface area contributed by atoms with E-state index < -0.39 is 32.2 Å². The van der Waals surface area contributed by atoms with E-state index in [1.165, 1.54) is 7.11 Å². The smallest absolute Gasteiger partial charge is 0.334 e. The number of methoxy groups -OCH3 is 1. The highest BCUT2D eigenvalue weighted by Gasteiger charge is 2.50. The van der Waals surface area contributed by atoms with Crippen LogP contribution in [0.1, 0.15) is 46.1 Å². The molecule has 1 aromatic rings. The molecule has 1 rings (SSSR count). The van der Waals surface area contributed by atoms with Crippen LogP contribution in [-0.2, 0) is 14.0 Å². The van der Waals surface area contributed by atoms with Crippen molar-refractivity contribution in [3.63, 3.8) is 0 Å². The van der Waals surface area contributed by atoms with Crippen molar-refractivity contribution in [1.82, 2.24) is 0 Å².